The molecule has 0 fully saturated rings. The number of hydrogen-bond donors (Lipinski definition) is 5. The molecule has 2 rings (SSSR count). The molecule has 5 N–H and O–H groups in total. The molecular formula is C21H25ClO7. The van der Waals surface area contributed by atoms with Gasteiger partial charge in [-0.25, -0.2) is 0 Å². The lowest BCUT2D eigenvalue weighted by Gasteiger charge is -2.25. The predicted octanol–water partition coefficient (Wildman–Crippen LogP) is 0.948. The normalized spacial score (nSPS) is 15.4. The van der Waals surface area contributed by atoms with E-state index >= 15 is 0 Å². The highest BCUT2D eigenvalue weighted by Crippen LogP contribution is 2.23. The van der Waals surface area contributed by atoms with Gasteiger partial charge < -0.3 is 30.3 Å². The molecule has 0 aliphatic carbocycles. The number of Topliss-reactive ketones (excluding diaryl/α,β-unsaturated/α-hetero) is 1. The van der Waals surface area contributed by atoms with Crippen LogP contribution in [0.2, 0.25) is 5.02 Å². The minimum atomic E-state index is -1.98. The van der Waals surface area contributed by atoms with Gasteiger partial charge in [-0.3, -0.25) is 4.79 Å². The average molecular weight is 425 g/mol. The average Bonchev–Trinajstić information content (AvgIpc) is 2.74. The topological polar surface area (TPSA) is 127 Å². The van der Waals surface area contributed by atoms with Gasteiger partial charge >= 0.3 is 0 Å². The minimum Gasteiger partial charge on any atom is -0.494 e. The molecule has 2 aromatic carbocycles. The number of aliphatic hydroxyl groups is 5. The van der Waals surface area contributed by atoms with Crippen LogP contribution < -0.4 is 4.74 Å². The summed E-state index contributed by atoms with van der Waals surface area (Å²) in [7, 11) is 0. The molecule has 29 heavy (non-hydrogen) atoms. The maximum Gasteiger partial charge on any atom is 0.194 e. The van der Waals surface area contributed by atoms with Gasteiger partial charge in [0.05, 0.1) is 13.2 Å². The Morgan fingerprint density at radius 1 is 1.03 bits per heavy atom. The molecule has 0 unspecified atom stereocenters. The van der Waals surface area contributed by atoms with Gasteiger partial charge in [-0.2, -0.15) is 0 Å². The molecule has 0 heterocycles. The molecule has 4 atom stereocenters. The van der Waals surface area contributed by atoms with Crippen molar-refractivity contribution in [1.29, 1.82) is 0 Å². The second-order valence-electron chi connectivity index (χ2n) is 6.60. The highest BCUT2D eigenvalue weighted by atomic mass is 35.5. The van der Waals surface area contributed by atoms with E-state index in [4.69, 9.17) is 21.4 Å². The number of carbonyl (C=O) groups excluding carboxylic acids is 1. The summed E-state index contributed by atoms with van der Waals surface area (Å²) in [6, 6.07) is 11.8. The second-order valence-corrected chi connectivity index (χ2v) is 7.01. The number of benzene rings is 2. The number of aliphatic hydroxyl groups excluding tert-OH is 5. The Bertz CT molecular complexity index is 809. The van der Waals surface area contributed by atoms with Crippen LogP contribution in [0.1, 0.15) is 28.4 Å². The van der Waals surface area contributed by atoms with Crippen LogP contribution in [-0.4, -0.2) is 68.9 Å². The van der Waals surface area contributed by atoms with E-state index in [2.05, 4.69) is 0 Å². The third-order valence-corrected chi connectivity index (χ3v) is 4.85. The van der Waals surface area contributed by atoms with Gasteiger partial charge in [0.1, 0.15) is 30.2 Å². The minimum absolute atomic E-state index is 0.0903. The molecule has 8 heteroatoms. The first-order valence-corrected chi connectivity index (χ1v) is 9.53. The highest BCUT2D eigenvalue weighted by molar-refractivity contribution is 6.31. The molecule has 2 aromatic rings. The number of ether oxygens (including phenoxy) is 1. The second kappa shape index (κ2) is 10.7. The fourth-order valence-electron chi connectivity index (χ4n) is 2.80. The number of ketones is 1. The van der Waals surface area contributed by atoms with Crippen molar-refractivity contribution in [1.82, 2.24) is 0 Å². The van der Waals surface area contributed by atoms with Crippen LogP contribution >= 0.6 is 11.6 Å². The van der Waals surface area contributed by atoms with E-state index in [1.165, 1.54) is 18.2 Å². The molecule has 7 nitrogen and oxygen atoms in total. The zero-order valence-electron chi connectivity index (χ0n) is 15.9. The Morgan fingerprint density at radius 3 is 2.28 bits per heavy atom. The van der Waals surface area contributed by atoms with Crippen molar-refractivity contribution in [2.24, 2.45) is 0 Å². The summed E-state index contributed by atoms with van der Waals surface area (Å²) >= 11 is 6.24. The van der Waals surface area contributed by atoms with Gasteiger partial charge in [0.15, 0.2) is 5.78 Å². The van der Waals surface area contributed by atoms with Crippen LogP contribution in [0.25, 0.3) is 0 Å². The first kappa shape index (κ1) is 23.3. The van der Waals surface area contributed by atoms with E-state index in [9.17, 15) is 25.2 Å². The molecule has 158 valence electrons. The predicted molar refractivity (Wildman–Crippen MR) is 107 cm³/mol. The van der Waals surface area contributed by atoms with Crippen LogP contribution in [-0.2, 0) is 6.42 Å². The SMILES string of the molecule is CCOc1ccc(Cc2cc(C(=O)[C@H](O)[C@@H](O)[C@H](O)[C@@H](O)CO)ccc2Cl)cc1. The summed E-state index contributed by atoms with van der Waals surface area (Å²) in [6.07, 6.45) is -7.08. The third-order valence-electron chi connectivity index (χ3n) is 4.48. The molecule has 0 aromatic heterocycles. The molecule has 0 saturated carbocycles. The lowest BCUT2D eigenvalue weighted by molar-refractivity contribution is -0.105. The van der Waals surface area contributed by atoms with Gasteiger partial charge in [-0.1, -0.05) is 23.7 Å². The molecule has 0 amide bonds. The Morgan fingerprint density at radius 2 is 1.69 bits per heavy atom. The van der Waals surface area contributed by atoms with Crippen LogP contribution in [0.4, 0.5) is 0 Å². The van der Waals surface area contributed by atoms with E-state index < -0.39 is 36.8 Å². The Hall–Kier alpha value is -2.00. The van der Waals surface area contributed by atoms with Gasteiger partial charge in [0.25, 0.3) is 0 Å². The molecular weight excluding hydrogens is 400 g/mol. The number of rotatable bonds is 10. The van der Waals surface area contributed by atoms with E-state index in [0.717, 1.165) is 11.3 Å². The fourth-order valence-corrected chi connectivity index (χ4v) is 2.99. The van der Waals surface area contributed by atoms with Crippen LogP contribution in [0.5, 0.6) is 5.75 Å². The van der Waals surface area contributed by atoms with Gasteiger partial charge in [0, 0.05) is 10.6 Å². The number of halogens is 1. The maximum atomic E-state index is 12.5. The molecule has 0 radical (unpaired) electrons. The van der Waals surface area contributed by atoms with Crippen molar-refractivity contribution in [3.63, 3.8) is 0 Å². The summed E-state index contributed by atoms with van der Waals surface area (Å²) in [5, 5.41) is 48.4. The van der Waals surface area contributed by atoms with Gasteiger partial charge in [-0.15, -0.1) is 0 Å². The maximum absolute atomic E-state index is 12.5. The fraction of sp³-hybridized carbons (Fsp3) is 0.381. The van der Waals surface area contributed by atoms with Crippen molar-refractivity contribution in [3.8, 4) is 5.75 Å². The standard InChI is InChI=1S/C21H25ClO7/c1-2-29-15-6-3-12(4-7-15)9-14-10-13(5-8-16(14)22)18(25)20(27)21(28)19(26)17(24)11-23/h3-8,10,17,19-21,23-24,26-28H,2,9,11H2,1H3/t17-,19+,20-,21-/m0/s1. The van der Waals surface area contributed by atoms with E-state index in [1.807, 2.05) is 31.2 Å². The number of carbonyl (C=O) groups is 1. The Kier molecular flexibility index (Phi) is 8.58. The first-order chi connectivity index (χ1) is 13.8. The Balaban J connectivity index is 2.17. The zero-order valence-corrected chi connectivity index (χ0v) is 16.7. The smallest absolute Gasteiger partial charge is 0.194 e. The monoisotopic (exact) mass is 424 g/mol. The zero-order chi connectivity index (χ0) is 21.6. The van der Waals surface area contributed by atoms with Crippen molar-refractivity contribution < 1.29 is 35.1 Å². The number of hydrogen-bond acceptors (Lipinski definition) is 7. The van der Waals surface area contributed by atoms with Crippen LogP contribution in [0.15, 0.2) is 42.5 Å². The van der Waals surface area contributed by atoms with Gasteiger partial charge in [0.2, 0.25) is 0 Å². The first-order valence-electron chi connectivity index (χ1n) is 9.16. The quantitative estimate of drug-likeness (QED) is 0.359. The van der Waals surface area contributed by atoms with Gasteiger partial charge in [-0.05, 0) is 54.8 Å². The third kappa shape index (κ3) is 5.99. The van der Waals surface area contributed by atoms with E-state index in [-0.39, 0.29) is 5.56 Å². The molecule has 0 spiro atoms. The Labute approximate surface area is 173 Å². The highest BCUT2D eigenvalue weighted by Gasteiger charge is 2.34. The van der Waals surface area contributed by atoms with Crippen molar-refractivity contribution in [2.45, 2.75) is 37.8 Å². The summed E-state index contributed by atoms with van der Waals surface area (Å²) < 4.78 is 5.40. The van der Waals surface area contributed by atoms with E-state index in [1.54, 1.807) is 0 Å². The lowest BCUT2D eigenvalue weighted by atomic mass is 9.94. The van der Waals surface area contributed by atoms with Crippen molar-refractivity contribution >= 4 is 17.4 Å². The van der Waals surface area contributed by atoms with Crippen molar-refractivity contribution in [2.75, 3.05) is 13.2 Å². The molecule has 0 saturated heterocycles. The van der Waals surface area contributed by atoms with Crippen LogP contribution in [0, 0.1) is 0 Å². The molecule has 0 bridgehead atoms. The summed E-state index contributed by atoms with van der Waals surface area (Å²) in [4.78, 5) is 12.5. The molecule has 0 aliphatic rings. The summed E-state index contributed by atoms with van der Waals surface area (Å²) in [6.45, 7) is 1.63. The summed E-state index contributed by atoms with van der Waals surface area (Å²) in [5.41, 5.74) is 1.66. The molecule has 0 aliphatic heterocycles. The lowest BCUT2D eigenvalue weighted by Crippen LogP contribution is -2.48. The summed E-state index contributed by atoms with van der Waals surface area (Å²) in [5.74, 6) is -0.0988. The van der Waals surface area contributed by atoms with Crippen molar-refractivity contribution in [3.05, 3.63) is 64.2 Å². The van der Waals surface area contributed by atoms with Crippen LogP contribution in [0.3, 0.4) is 0 Å². The van der Waals surface area contributed by atoms with E-state index in [0.29, 0.717) is 23.6 Å². The largest absolute Gasteiger partial charge is 0.494 e.